The van der Waals surface area contributed by atoms with Gasteiger partial charge < -0.3 is 21.1 Å². The summed E-state index contributed by atoms with van der Waals surface area (Å²) >= 11 is 0. The van der Waals surface area contributed by atoms with Gasteiger partial charge >= 0.3 is 12.0 Å². The number of piperidine rings is 1. The molecular formula is C29H30N6O5S. The number of carbonyl (C=O) groups is 2. The number of anilines is 3. The fourth-order valence-electron chi connectivity index (χ4n) is 4.77. The van der Waals surface area contributed by atoms with Crippen molar-refractivity contribution < 1.29 is 23.1 Å². The van der Waals surface area contributed by atoms with E-state index >= 15 is 0 Å². The van der Waals surface area contributed by atoms with Crippen LogP contribution in [-0.4, -0.2) is 58.9 Å². The van der Waals surface area contributed by atoms with Gasteiger partial charge in [0.05, 0.1) is 5.69 Å². The van der Waals surface area contributed by atoms with E-state index in [4.69, 9.17) is 0 Å². The van der Waals surface area contributed by atoms with Gasteiger partial charge in [0.2, 0.25) is 10.0 Å². The standard InChI is InChI=1S/C29H30N6O5S/c36-28(37)25(18-20-8-10-22(11-9-20)32-27-23-13-14-30-19-21(23)12-15-31-27)34-29(38)33-24-6-2-3-7-26(24)41(39,40)35-16-4-1-5-17-35/h2-3,6-15,19,25H,1,4-5,16-18H2,(H,31,32)(H,36,37)(H2,33,34,38)/t25-/m0/s1. The smallest absolute Gasteiger partial charge is 0.326 e. The molecule has 3 heterocycles. The Morgan fingerprint density at radius 1 is 0.951 bits per heavy atom. The fraction of sp³-hybridized carbons (Fsp3) is 0.241. The molecule has 5 rings (SSSR count). The van der Waals surface area contributed by atoms with Gasteiger partial charge in [-0.3, -0.25) is 4.98 Å². The molecule has 0 spiro atoms. The first-order valence-corrected chi connectivity index (χ1v) is 14.7. The summed E-state index contributed by atoms with van der Waals surface area (Å²) in [6.07, 6.45) is 7.70. The molecule has 2 aromatic heterocycles. The number of nitrogens with zero attached hydrogens (tertiary/aromatic N) is 3. The van der Waals surface area contributed by atoms with Crippen LogP contribution in [0, 0.1) is 0 Å². The molecule has 2 amide bonds. The van der Waals surface area contributed by atoms with E-state index in [2.05, 4.69) is 25.9 Å². The van der Waals surface area contributed by atoms with E-state index in [1.165, 1.54) is 16.4 Å². The predicted molar refractivity (Wildman–Crippen MR) is 156 cm³/mol. The van der Waals surface area contributed by atoms with Gasteiger partial charge in [-0.1, -0.05) is 30.7 Å². The zero-order valence-corrected chi connectivity index (χ0v) is 23.0. The number of rotatable bonds is 9. The number of amides is 2. The Morgan fingerprint density at radius 3 is 2.46 bits per heavy atom. The quantitative estimate of drug-likeness (QED) is 0.230. The van der Waals surface area contributed by atoms with Crippen LogP contribution in [0.1, 0.15) is 24.8 Å². The van der Waals surface area contributed by atoms with Crippen molar-refractivity contribution in [3.63, 3.8) is 0 Å². The van der Waals surface area contributed by atoms with Crippen molar-refractivity contribution >= 4 is 50.0 Å². The summed E-state index contributed by atoms with van der Waals surface area (Å²) < 4.78 is 27.9. The Hall–Kier alpha value is -4.55. The third-order valence-corrected chi connectivity index (χ3v) is 8.85. The number of fused-ring (bicyclic) bond motifs is 1. The highest BCUT2D eigenvalue weighted by atomic mass is 32.2. The number of aliphatic carboxylic acids is 1. The second-order valence-corrected chi connectivity index (χ2v) is 11.6. The molecule has 212 valence electrons. The largest absolute Gasteiger partial charge is 0.480 e. The summed E-state index contributed by atoms with van der Waals surface area (Å²) in [7, 11) is -3.81. The van der Waals surface area contributed by atoms with Crippen molar-refractivity contribution in [3.05, 3.63) is 84.8 Å². The summed E-state index contributed by atoms with van der Waals surface area (Å²) in [6, 6.07) is 15.0. The van der Waals surface area contributed by atoms with Crippen molar-refractivity contribution in [3.8, 4) is 0 Å². The molecule has 0 saturated carbocycles. The number of benzene rings is 2. The molecular weight excluding hydrogens is 544 g/mol. The molecule has 4 N–H and O–H groups in total. The number of pyridine rings is 2. The molecule has 12 heteroatoms. The average Bonchev–Trinajstić information content (AvgIpc) is 2.98. The zero-order chi connectivity index (χ0) is 28.8. The average molecular weight is 575 g/mol. The van der Waals surface area contributed by atoms with Gasteiger partial charge in [-0.05, 0) is 54.8 Å². The summed E-state index contributed by atoms with van der Waals surface area (Å²) in [5.41, 5.74) is 1.54. The molecule has 1 saturated heterocycles. The lowest BCUT2D eigenvalue weighted by Crippen LogP contribution is -2.44. The van der Waals surface area contributed by atoms with Crippen molar-refractivity contribution in [1.29, 1.82) is 0 Å². The van der Waals surface area contributed by atoms with Crippen LogP contribution in [0.4, 0.5) is 22.0 Å². The number of carboxylic acid groups (broad SMARTS) is 1. The Kier molecular flexibility index (Phi) is 8.41. The topological polar surface area (TPSA) is 154 Å². The highest BCUT2D eigenvalue weighted by molar-refractivity contribution is 7.89. The lowest BCUT2D eigenvalue weighted by atomic mass is 10.1. The molecule has 0 unspecified atom stereocenters. The number of para-hydroxylation sites is 1. The Bertz CT molecular complexity index is 1650. The van der Waals surface area contributed by atoms with Crippen molar-refractivity contribution in [1.82, 2.24) is 19.6 Å². The van der Waals surface area contributed by atoms with E-state index in [1.54, 1.807) is 55.0 Å². The second-order valence-electron chi connectivity index (χ2n) is 9.73. The lowest BCUT2D eigenvalue weighted by Gasteiger charge is -2.27. The van der Waals surface area contributed by atoms with Crippen LogP contribution in [0.3, 0.4) is 0 Å². The Balaban J connectivity index is 1.24. The van der Waals surface area contributed by atoms with Gasteiger partial charge in [0.15, 0.2) is 0 Å². The summed E-state index contributed by atoms with van der Waals surface area (Å²) in [6.45, 7) is 0.850. The Labute approximate surface area is 237 Å². The van der Waals surface area contributed by atoms with Crippen LogP contribution in [0.5, 0.6) is 0 Å². The minimum Gasteiger partial charge on any atom is -0.480 e. The first-order valence-electron chi connectivity index (χ1n) is 13.3. The molecule has 41 heavy (non-hydrogen) atoms. The van der Waals surface area contributed by atoms with E-state index in [0.29, 0.717) is 24.5 Å². The maximum absolute atomic E-state index is 13.2. The molecule has 1 atom stereocenters. The normalized spacial score (nSPS) is 14.7. The monoisotopic (exact) mass is 574 g/mol. The van der Waals surface area contributed by atoms with Crippen LogP contribution < -0.4 is 16.0 Å². The minimum absolute atomic E-state index is 0.0228. The SMILES string of the molecule is O=C(Nc1ccccc1S(=O)(=O)N1CCCCC1)N[C@@H](Cc1ccc(Nc2nccc3cnccc23)cc1)C(=O)O. The predicted octanol–water partition coefficient (Wildman–Crippen LogP) is 4.37. The van der Waals surface area contributed by atoms with Crippen LogP contribution in [0.25, 0.3) is 10.8 Å². The van der Waals surface area contributed by atoms with E-state index in [-0.39, 0.29) is 17.0 Å². The number of aromatic nitrogens is 2. The third-order valence-electron chi connectivity index (χ3n) is 6.89. The van der Waals surface area contributed by atoms with Gasteiger partial charge in [0.25, 0.3) is 0 Å². The summed E-state index contributed by atoms with van der Waals surface area (Å²) in [5, 5.41) is 19.9. The van der Waals surface area contributed by atoms with Crippen molar-refractivity contribution in [2.45, 2.75) is 36.6 Å². The van der Waals surface area contributed by atoms with Crippen LogP contribution in [-0.2, 0) is 21.2 Å². The number of hydrogen-bond acceptors (Lipinski definition) is 7. The number of sulfonamides is 1. The van der Waals surface area contributed by atoms with Gasteiger partial charge in [-0.15, -0.1) is 0 Å². The maximum Gasteiger partial charge on any atom is 0.326 e. The fourth-order valence-corrected chi connectivity index (χ4v) is 6.43. The first-order chi connectivity index (χ1) is 19.8. The zero-order valence-electron chi connectivity index (χ0n) is 22.2. The number of carboxylic acids is 1. The van der Waals surface area contributed by atoms with E-state index < -0.39 is 28.1 Å². The Morgan fingerprint density at radius 2 is 1.71 bits per heavy atom. The molecule has 4 aromatic rings. The molecule has 2 aromatic carbocycles. The van der Waals surface area contributed by atoms with Crippen molar-refractivity contribution in [2.75, 3.05) is 23.7 Å². The third kappa shape index (κ3) is 6.61. The molecule has 0 aliphatic carbocycles. The van der Waals surface area contributed by atoms with E-state index in [0.717, 1.165) is 35.7 Å². The van der Waals surface area contributed by atoms with Crippen LogP contribution in [0.2, 0.25) is 0 Å². The van der Waals surface area contributed by atoms with Gasteiger partial charge in [-0.25, -0.2) is 23.0 Å². The molecule has 1 aliphatic heterocycles. The number of carbonyl (C=O) groups excluding carboxylic acids is 1. The molecule has 11 nitrogen and oxygen atoms in total. The molecule has 0 radical (unpaired) electrons. The molecule has 1 fully saturated rings. The van der Waals surface area contributed by atoms with E-state index in [9.17, 15) is 23.1 Å². The highest BCUT2D eigenvalue weighted by Crippen LogP contribution is 2.27. The van der Waals surface area contributed by atoms with Crippen LogP contribution >= 0.6 is 0 Å². The lowest BCUT2D eigenvalue weighted by molar-refractivity contribution is -0.139. The number of hydrogen-bond donors (Lipinski definition) is 4. The second kappa shape index (κ2) is 12.3. The van der Waals surface area contributed by atoms with Gasteiger partial charge in [0, 0.05) is 54.6 Å². The number of nitrogens with one attached hydrogen (secondary N) is 3. The summed E-state index contributed by atoms with van der Waals surface area (Å²) in [4.78, 5) is 33.3. The van der Waals surface area contributed by atoms with E-state index in [1.807, 2.05) is 12.1 Å². The minimum atomic E-state index is -3.81. The highest BCUT2D eigenvalue weighted by Gasteiger charge is 2.29. The summed E-state index contributed by atoms with van der Waals surface area (Å²) in [5.74, 6) is -0.549. The van der Waals surface area contributed by atoms with Gasteiger partial charge in [-0.2, -0.15) is 4.31 Å². The van der Waals surface area contributed by atoms with Crippen LogP contribution in [0.15, 0.2) is 84.1 Å². The number of urea groups is 1. The van der Waals surface area contributed by atoms with Crippen molar-refractivity contribution in [2.24, 2.45) is 0 Å². The molecule has 0 bridgehead atoms. The first kappa shape index (κ1) is 28.0. The maximum atomic E-state index is 13.2. The molecule has 1 aliphatic rings. The van der Waals surface area contributed by atoms with Gasteiger partial charge in [0.1, 0.15) is 16.8 Å².